The fraction of sp³-hybridized carbons (Fsp3) is 0.286. The van der Waals surface area contributed by atoms with Crippen molar-refractivity contribution < 1.29 is 21.8 Å². The molecule has 1 N–H and O–H groups in total. The molecular formula is C21H18F4N2OS. The Bertz CT molecular complexity index is 1080. The number of nitrogens with zero attached hydrogens (tertiary/aromatic N) is 1. The van der Waals surface area contributed by atoms with E-state index in [1.165, 1.54) is 24.5 Å². The molecule has 2 aromatic carbocycles. The highest BCUT2D eigenvalue weighted by atomic mass is 32.2. The number of halogens is 4. The Morgan fingerprint density at radius 1 is 1.17 bits per heavy atom. The number of nitriles is 1. The second-order valence-electron chi connectivity index (χ2n) is 6.78. The summed E-state index contributed by atoms with van der Waals surface area (Å²) in [7, 11) is -1.25. The molecular weight excluding hydrogens is 404 g/mol. The van der Waals surface area contributed by atoms with Crippen LogP contribution < -0.4 is 0 Å². The Hall–Kier alpha value is -2.66. The summed E-state index contributed by atoms with van der Waals surface area (Å²) in [5.74, 6) is -0.757. The highest BCUT2D eigenvalue weighted by Gasteiger charge is 2.30. The van der Waals surface area contributed by atoms with Crippen LogP contribution in [0, 0.1) is 17.1 Å². The summed E-state index contributed by atoms with van der Waals surface area (Å²) in [6.07, 6.45) is -0.637. The topological polar surface area (TPSA) is 56.6 Å². The molecule has 1 aromatic heterocycles. The zero-order valence-corrected chi connectivity index (χ0v) is 16.3. The van der Waals surface area contributed by atoms with Gasteiger partial charge >= 0.3 is 6.18 Å². The molecule has 0 radical (unpaired) electrons. The predicted octanol–water partition coefficient (Wildman–Crippen LogP) is 5.64. The van der Waals surface area contributed by atoms with E-state index in [1.807, 2.05) is 0 Å². The van der Waals surface area contributed by atoms with Gasteiger partial charge in [-0.25, -0.2) is 4.39 Å². The zero-order chi connectivity index (χ0) is 21.2. The van der Waals surface area contributed by atoms with Gasteiger partial charge in [0.25, 0.3) is 0 Å². The third-order valence-electron chi connectivity index (χ3n) is 4.85. The highest BCUT2D eigenvalue weighted by molar-refractivity contribution is 7.83. The SMILES string of the molecule is CS(=O)Cc1c(F)ccc2c(C(CCC#N)c3ccc(C(F)(F)F)cc3)c[nH]c12. The van der Waals surface area contributed by atoms with Gasteiger partial charge in [0.15, 0.2) is 0 Å². The van der Waals surface area contributed by atoms with E-state index in [4.69, 9.17) is 5.26 Å². The number of hydrogen-bond donors (Lipinski definition) is 1. The number of hydrogen-bond acceptors (Lipinski definition) is 2. The molecule has 0 aliphatic carbocycles. The van der Waals surface area contributed by atoms with Crippen molar-refractivity contribution >= 4 is 21.7 Å². The van der Waals surface area contributed by atoms with Gasteiger partial charge < -0.3 is 4.98 Å². The lowest BCUT2D eigenvalue weighted by atomic mass is 9.86. The quantitative estimate of drug-likeness (QED) is 0.523. The maximum atomic E-state index is 14.3. The molecule has 0 amide bonds. The molecule has 0 bridgehead atoms. The number of aromatic amines is 1. The lowest BCUT2D eigenvalue weighted by molar-refractivity contribution is -0.137. The minimum Gasteiger partial charge on any atom is -0.361 e. The van der Waals surface area contributed by atoms with E-state index in [1.54, 1.807) is 12.3 Å². The summed E-state index contributed by atoms with van der Waals surface area (Å²) in [4.78, 5) is 3.03. The second kappa shape index (κ2) is 8.37. The van der Waals surface area contributed by atoms with E-state index < -0.39 is 28.4 Å². The minimum absolute atomic E-state index is 0.0479. The summed E-state index contributed by atoms with van der Waals surface area (Å²) < 4.78 is 64.5. The molecule has 0 saturated heterocycles. The molecule has 0 fully saturated rings. The fourth-order valence-electron chi connectivity index (χ4n) is 3.50. The van der Waals surface area contributed by atoms with E-state index >= 15 is 0 Å². The number of nitrogens with one attached hydrogen (secondary N) is 1. The van der Waals surface area contributed by atoms with Crippen LogP contribution in [0.25, 0.3) is 10.9 Å². The van der Waals surface area contributed by atoms with Gasteiger partial charge in [0.2, 0.25) is 0 Å². The molecule has 29 heavy (non-hydrogen) atoms. The van der Waals surface area contributed by atoms with Crippen LogP contribution in [0.2, 0.25) is 0 Å². The van der Waals surface area contributed by atoms with Crippen molar-refractivity contribution in [3.63, 3.8) is 0 Å². The summed E-state index contributed by atoms with van der Waals surface area (Å²) in [5.41, 5.74) is 1.48. The van der Waals surface area contributed by atoms with Gasteiger partial charge in [-0.3, -0.25) is 4.21 Å². The van der Waals surface area contributed by atoms with Crippen LogP contribution in [0.15, 0.2) is 42.6 Å². The van der Waals surface area contributed by atoms with Crippen molar-refractivity contribution in [3.05, 3.63) is 70.7 Å². The van der Waals surface area contributed by atoms with Gasteiger partial charge in [-0.1, -0.05) is 12.1 Å². The average molecular weight is 422 g/mol. The largest absolute Gasteiger partial charge is 0.416 e. The van der Waals surface area contributed by atoms with Gasteiger partial charge in [0.1, 0.15) is 5.82 Å². The van der Waals surface area contributed by atoms with E-state index in [0.717, 1.165) is 17.7 Å². The smallest absolute Gasteiger partial charge is 0.361 e. The molecule has 152 valence electrons. The van der Waals surface area contributed by atoms with Gasteiger partial charge in [0.05, 0.1) is 22.9 Å². The van der Waals surface area contributed by atoms with Crippen LogP contribution in [0.4, 0.5) is 17.6 Å². The van der Waals surface area contributed by atoms with Gasteiger partial charge in [-0.15, -0.1) is 0 Å². The number of fused-ring (bicyclic) bond motifs is 1. The Morgan fingerprint density at radius 2 is 1.86 bits per heavy atom. The maximum absolute atomic E-state index is 14.3. The Balaban J connectivity index is 2.09. The number of alkyl halides is 3. The first-order valence-electron chi connectivity index (χ1n) is 8.85. The van der Waals surface area contributed by atoms with Crippen molar-refractivity contribution in [3.8, 4) is 6.07 Å². The fourth-order valence-corrected chi connectivity index (χ4v) is 4.19. The monoisotopic (exact) mass is 422 g/mol. The van der Waals surface area contributed by atoms with Crippen LogP contribution in [-0.4, -0.2) is 15.4 Å². The van der Waals surface area contributed by atoms with Crippen LogP contribution in [-0.2, 0) is 22.7 Å². The molecule has 0 spiro atoms. The predicted molar refractivity (Wildman–Crippen MR) is 104 cm³/mol. The van der Waals surface area contributed by atoms with E-state index in [0.29, 0.717) is 28.5 Å². The van der Waals surface area contributed by atoms with E-state index in [-0.39, 0.29) is 18.1 Å². The molecule has 1 heterocycles. The average Bonchev–Trinajstić information content (AvgIpc) is 3.08. The first-order valence-corrected chi connectivity index (χ1v) is 10.6. The molecule has 2 unspecified atom stereocenters. The lowest BCUT2D eigenvalue weighted by Gasteiger charge is -2.17. The number of aromatic nitrogens is 1. The summed E-state index contributed by atoms with van der Waals surface area (Å²) in [6, 6.07) is 9.84. The minimum atomic E-state index is -4.43. The van der Waals surface area contributed by atoms with Crippen LogP contribution >= 0.6 is 0 Å². The molecule has 3 nitrogen and oxygen atoms in total. The normalized spacial score (nSPS) is 13.9. The first-order chi connectivity index (χ1) is 13.7. The summed E-state index contributed by atoms with van der Waals surface area (Å²) >= 11 is 0. The van der Waals surface area contributed by atoms with Crippen LogP contribution in [0.3, 0.4) is 0 Å². The molecule has 0 saturated carbocycles. The van der Waals surface area contributed by atoms with Crippen molar-refractivity contribution in [2.45, 2.75) is 30.7 Å². The molecule has 3 rings (SSSR count). The molecule has 0 aliphatic heterocycles. The van der Waals surface area contributed by atoms with E-state index in [2.05, 4.69) is 11.1 Å². The molecule has 3 aromatic rings. The molecule has 0 aliphatic rings. The Kier molecular flexibility index (Phi) is 6.08. The number of rotatable bonds is 6. The van der Waals surface area contributed by atoms with Crippen molar-refractivity contribution in [1.29, 1.82) is 5.26 Å². The number of H-pyrrole nitrogens is 1. The third-order valence-corrected chi connectivity index (χ3v) is 5.54. The second-order valence-corrected chi connectivity index (χ2v) is 8.21. The first kappa shape index (κ1) is 21.1. The van der Waals surface area contributed by atoms with Crippen molar-refractivity contribution in [2.24, 2.45) is 0 Å². The molecule has 8 heteroatoms. The maximum Gasteiger partial charge on any atom is 0.416 e. The standard InChI is InChI=1S/C21H18F4N2OS/c1-29(28)12-18-19(22)9-8-16-17(11-27-20(16)18)15(3-2-10-26)13-4-6-14(7-5-13)21(23,24)25/h4-9,11,15,27H,2-3,12H2,1H3. The summed E-state index contributed by atoms with van der Waals surface area (Å²) in [6.45, 7) is 0. The van der Waals surface area contributed by atoms with Gasteiger partial charge in [-0.2, -0.15) is 18.4 Å². The highest BCUT2D eigenvalue weighted by Crippen LogP contribution is 2.37. The van der Waals surface area contributed by atoms with E-state index in [9.17, 15) is 21.8 Å². The molecule has 2 atom stereocenters. The van der Waals surface area contributed by atoms with Crippen LogP contribution in [0.5, 0.6) is 0 Å². The van der Waals surface area contributed by atoms with Crippen molar-refractivity contribution in [2.75, 3.05) is 6.26 Å². The number of benzene rings is 2. The summed E-state index contributed by atoms with van der Waals surface area (Å²) in [5, 5.41) is 9.72. The Labute approximate surface area is 167 Å². The van der Waals surface area contributed by atoms with Crippen LogP contribution in [0.1, 0.15) is 41.0 Å². The third kappa shape index (κ3) is 4.51. The zero-order valence-electron chi connectivity index (χ0n) is 15.5. The van der Waals surface area contributed by atoms with Gasteiger partial charge in [-0.05, 0) is 41.8 Å². The Morgan fingerprint density at radius 3 is 2.45 bits per heavy atom. The van der Waals surface area contributed by atoms with Gasteiger partial charge in [0, 0.05) is 46.5 Å². The lowest BCUT2D eigenvalue weighted by Crippen LogP contribution is -2.06. The van der Waals surface area contributed by atoms with Crippen molar-refractivity contribution in [1.82, 2.24) is 4.98 Å².